The summed E-state index contributed by atoms with van der Waals surface area (Å²) in [7, 11) is 0. The molecule has 1 atom stereocenters. The Morgan fingerprint density at radius 1 is 1.42 bits per heavy atom. The van der Waals surface area contributed by atoms with Crippen LogP contribution < -0.4 is 10.2 Å². The maximum Gasteiger partial charge on any atom is 0.414 e. The van der Waals surface area contributed by atoms with E-state index in [4.69, 9.17) is 4.74 Å². The number of halogens is 2. The lowest BCUT2D eigenvalue weighted by Gasteiger charge is -2.14. The lowest BCUT2D eigenvalue weighted by atomic mass is 10.1. The smallest absolute Gasteiger partial charge is 0.414 e. The molecule has 0 spiro atoms. The van der Waals surface area contributed by atoms with Gasteiger partial charge in [0.25, 0.3) is 5.89 Å². The molecule has 1 saturated heterocycles. The lowest BCUT2D eigenvalue weighted by Crippen LogP contribution is -2.33. The van der Waals surface area contributed by atoms with Gasteiger partial charge in [-0.25, -0.2) is 13.6 Å². The van der Waals surface area contributed by atoms with E-state index in [9.17, 15) is 18.4 Å². The van der Waals surface area contributed by atoms with Crippen LogP contribution in [0.4, 0.5) is 19.3 Å². The summed E-state index contributed by atoms with van der Waals surface area (Å²) in [6.07, 6.45) is -0.343. The standard InChI is InChI=1S/C14H12F2N4O4/c1-7(21)17-4-9-5-20(14(22)23-9)8-2-10(15)12(11(16)3-8)13-18-6-19-24-13/h2-3,6,9H,4-5H2,1H3,(H,17,21). The van der Waals surface area contributed by atoms with Crippen molar-refractivity contribution in [3.8, 4) is 11.5 Å². The van der Waals surface area contributed by atoms with Gasteiger partial charge in [0.1, 0.15) is 23.3 Å². The quantitative estimate of drug-likeness (QED) is 0.907. The van der Waals surface area contributed by atoms with E-state index in [0.29, 0.717) is 0 Å². The number of hydrogen-bond acceptors (Lipinski definition) is 6. The van der Waals surface area contributed by atoms with E-state index >= 15 is 0 Å². The van der Waals surface area contributed by atoms with Crippen LogP contribution in [0.3, 0.4) is 0 Å². The molecular formula is C14H12F2N4O4. The van der Waals surface area contributed by atoms with E-state index in [1.807, 2.05) is 0 Å². The summed E-state index contributed by atoms with van der Waals surface area (Å²) in [6.45, 7) is 1.50. The van der Waals surface area contributed by atoms with E-state index in [0.717, 1.165) is 23.4 Å². The predicted molar refractivity (Wildman–Crippen MR) is 75.9 cm³/mol. The first-order chi connectivity index (χ1) is 11.5. The normalized spacial score (nSPS) is 17.0. The molecule has 10 heteroatoms. The minimum absolute atomic E-state index is 0.0106. The van der Waals surface area contributed by atoms with Crippen LogP contribution in [0, 0.1) is 11.6 Å². The van der Waals surface area contributed by atoms with Crippen molar-refractivity contribution in [2.24, 2.45) is 0 Å². The molecule has 24 heavy (non-hydrogen) atoms. The molecule has 1 aromatic heterocycles. The second kappa shape index (κ2) is 6.22. The Balaban J connectivity index is 1.83. The first-order valence-electron chi connectivity index (χ1n) is 6.94. The molecule has 0 aliphatic carbocycles. The maximum absolute atomic E-state index is 14.2. The molecular weight excluding hydrogens is 326 g/mol. The van der Waals surface area contributed by atoms with Crippen molar-refractivity contribution in [3.63, 3.8) is 0 Å². The lowest BCUT2D eigenvalue weighted by molar-refractivity contribution is -0.119. The number of amides is 2. The number of cyclic esters (lactones) is 1. The number of nitrogens with one attached hydrogen (secondary N) is 1. The molecule has 0 bridgehead atoms. The van der Waals surface area contributed by atoms with Crippen LogP contribution in [-0.4, -0.2) is 41.3 Å². The molecule has 1 aliphatic heterocycles. The number of aromatic nitrogens is 2. The molecule has 0 saturated carbocycles. The van der Waals surface area contributed by atoms with Crippen LogP contribution in [0.25, 0.3) is 11.5 Å². The highest BCUT2D eigenvalue weighted by atomic mass is 19.1. The molecule has 1 aromatic carbocycles. The van der Waals surface area contributed by atoms with Crippen LogP contribution in [-0.2, 0) is 9.53 Å². The van der Waals surface area contributed by atoms with E-state index in [2.05, 4.69) is 20.0 Å². The SMILES string of the molecule is CC(=O)NCC1CN(c2cc(F)c(-c3ncno3)c(F)c2)C(=O)O1. The Hall–Kier alpha value is -3.04. The topological polar surface area (TPSA) is 97.6 Å². The van der Waals surface area contributed by atoms with Crippen LogP contribution >= 0.6 is 0 Å². The van der Waals surface area contributed by atoms with Crippen molar-refractivity contribution in [1.82, 2.24) is 15.5 Å². The van der Waals surface area contributed by atoms with E-state index in [1.165, 1.54) is 6.92 Å². The summed E-state index contributed by atoms with van der Waals surface area (Å²) in [5.74, 6) is -2.48. The number of anilines is 1. The molecule has 2 aromatic rings. The average Bonchev–Trinajstić information content (AvgIpc) is 3.14. The van der Waals surface area contributed by atoms with Crippen LogP contribution in [0.1, 0.15) is 6.92 Å². The van der Waals surface area contributed by atoms with E-state index < -0.39 is 29.4 Å². The molecule has 1 N–H and O–H groups in total. The van der Waals surface area contributed by atoms with Crippen molar-refractivity contribution in [1.29, 1.82) is 0 Å². The minimum atomic E-state index is -0.952. The minimum Gasteiger partial charge on any atom is -0.442 e. The Kier molecular flexibility index (Phi) is 4.11. The van der Waals surface area contributed by atoms with Gasteiger partial charge in [-0.15, -0.1) is 0 Å². The highest BCUT2D eigenvalue weighted by Crippen LogP contribution is 2.30. The van der Waals surface area contributed by atoms with Gasteiger partial charge in [0.2, 0.25) is 5.91 Å². The molecule has 1 aliphatic rings. The summed E-state index contributed by atoms with van der Waals surface area (Å²) < 4.78 is 38.1. The first-order valence-corrected chi connectivity index (χ1v) is 6.94. The molecule has 8 nitrogen and oxygen atoms in total. The van der Waals surface area contributed by atoms with Crippen LogP contribution in [0.5, 0.6) is 0 Å². The zero-order chi connectivity index (χ0) is 17.3. The molecule has 2 amide bonds. The molecule has 1 unspecified atom stereocenters. The van der Waals surface area contributed by atoms with E-state index in [-0.39, 0.29) is 30.6 Å². The van der Waals surface area contributed by atoms with E-state index in [1.54, 1.807) is 0 Å². The third-order valence-electron chi connectivity index (χ3n) is 3.37. The number of nitrogens with zero attached hydrogens (tertiary/aromatic N) is 3. The van der Waals surface area contributed by atoms with Crippen LogP contribution in [0.2, 0.25) is 0 Å². The number of benzene rings is 1. The van der Waals surface area contributed by atoms with Gasteiger partial charge < -0.3 is 14.6 Å². The highest BCUT2D eigenvalue weighted by Gasteiger charge is 2.33. The number of hydrogen-bond donors (Lipinski definition) is 1. The number of carbonyl (C=O) groups is 2. The molecule has 0 radical (unpaired) electrons. The second-order valence-electron chi connectivity index (χ2n) is 5.08. The monoisotopic (exact) mass is 338 g/mol. The van der Waals surface area contributed by atoms with Gasteiger partial charge in [-0.2, -0.15) is 4.98 Å². The van der Waals surface area contributed by atoms with Crippen molar-refractivity contribution in [3.05, 3.63) is 30.1 Å². The third kappa shape index (κ3) is 3.03. The number of carbonyl (C=O) groups excluding carboxylic acids is 2. The fourth-order valence-electron chi connectivity index (χ4n) is 2.30. The van der Waals surface area contributed by atoms with Gasteiger partial charge in [-0.1, -0.05) is 5.16 Å². The molecule has 126 valence electrons. The van der Waals surface area contributed by atoms with Gasteiger partial charge in [-0.3, -0.25) is 9.69 Å². The Bertz CT molecular complexity index is 758. The third-order valence-corrected chi connectivity index (χ3v) is 3.37. The summed E-state index contributed by atoms with van der Waals surface area (Å²) in [6, 6.07) is 1.95. The predicted octanol–water partition coefficient (Wildman–Crippen LogP) is 1.48. The molecule has 2 heterocycles. The van der Waals surface area contributed by atoms with Crippen molar-refractivity contribution < 1.29 is 27.6 Å². The Morgan fingerprint density at radius 2 is 2.12 bits per heavy atom. The van der Waals surface area contributed by atoms with Gasteiger partial charge in [0.05, 0.1) is 18.8 Å². The molecule has 3 rings (SSSR count). The average molecular weight is 338 g/mol. The zero-order valence-electron chi connectivity index (χ0n) is 12.5. The van der Waals surface area contributed by atoms with Gasteiger partial charge >= 0.3 is 6.09 Å². The fourth-order valence-corrected chi connectivity index (χ4v) is 2.30. The zero-order valence-corrected chi connectivity index (χ0v) is 12.5. The van der Waals surface area contributed by atoms with Crippen molar-refractivity contribution >= 4 is 17.7 Å². The molecule has 1 fully saturated rings. The fraction of sp³-hybridized carbons (Fsp3) is 0.286. The summed E-state index contributed by atoms with van der Waals surface area (Å²) in [4.78, 5) is 27.4. The van der Waals surface area contributed by atoms with Gasteiger partial charge in [0.15, 0.2) is 6.33 Å². The Labute approximate surface area is 134 Å². The van der Waals surface area contributed by atoms with Crippen molar-refractivity contribution in [2.75, 3.05) is 18.0 Å². The Morgan fingerprint density at radius 3 is 2.71 bits per heavy atom. The van der Waals surface area contributed by atoms with Crippen molar-refractivity contribution in [2.45, 2.75) is 13.0 Å². The van der Waals surface area contributed by atoms with Crippen LogP contribution in [0.15, 0.2) is 23.0 Å². The number of rotatable bonds is 4. The van der Waals surface area contributed by atoms with Gasteiger partial charge in [0, 0.05) is 6.92 Å². The number of ether oxygens (including phenoxy) is 1. The first kappa shape index (κ1) is 15.8. The largest absolute Gasteiger partial charge is 0.442 e. The summed E-state index contributed by atoms with van der Waals surface area (Å²) >= 11 is 0. The highest BCUT2D eigenvalue weighted by molar-refractivity contribution is 5.90. The summed E-state index contributed by atoms with van der Waals surface area (Å²) in [5.41, 5.74) is -0.484. The second-order valence-corrected chi connectivity index (χ2v) is 5.08. The summed E-state index contributed by atoms with van der Waals surface area (Å²) in [5, 5.41) is 5.81. The van der Waals surface area contributed by atoms with Gasteiger partial charge in [-0.05, 0) is 12.1 Å². The maximum atomic E-state index is 14.2.